The Morgan fingerprint density at radius 1 is 0.821 bits per heavy atom. The normalized spacial score (nSPS) is 10.8. The number of halogens is 1. The minimum atomic E-state index is 0.387. The molecule has 0 saturated heterocycles. The van der Waals surface area contributed by atoms with Gasteiger partial charge in [-0.15, -0.1) is 0 Å². The van der Waals surface area contributed by atoms with Gasteiger partial charge < -0.3 is 4.74 Å². The first kappa shape index (κ1) is 32.3. The van der Waals surface area contributed by atoms with Gasteiger partial charge in [-0.2, -0.15) is 0 Å². The monoisotopic (exact) mass is 634 g/mol. The van der Waals surface area contributed by atoms with Crippen LogP contribution < -0.4 is 4.74 Å². The van der Waals surface area contributed by atoms with Gasteiger partial charge in [0.2, 0.25) is 0 Å². The van der Waals surface area contributed by atoms with E-state index in [2.05, 4.69) is 90.7 Å². The van der Waals surface area contributed by atoms with Crippen molar-refractivity contribution in [3.8, 4) is 5.75 Å². The summed E-state index contributed by atoms with van der Waals surface area (Å²) in [6.45, 7) is 8.78. The Hall–Kier alpha value is -2.92. The largest absolute Gasteiger partial charge is 0.488 e. The van der Waals surface area contributed by atoms with E-state index in [1.54, 1.807) is 0 Å². The molecule has 0 amide bonds. The van der Waals surface area contributed by atoms with E-state index in [0.29, 0.717) is 25.2 Å². The molecular formula is C36H43IO2. The third-order valence-electron chi connectivity index (χ3n) is 6.24. The fraction of sp³-hybridized carbons (Fsp3) is 0.306. The quantitative estimate of drug-likeness (QED) is 0.0945. The predicted molar refractivity (Wildman–Crippen MR) is 175 cm³/mol. The van der Waals surface area contributed by atoms with Gasteiger partial charge in [-0.1, -0.05) is 110 Å². The third-order valence-corrected chi connectivity index (χ3v) is 7.09. The topological polar surface area (TPSA) is 26.3 Å². The van der Waals surface area contributed by atoms with Gasteiger partial charge in [-0.05, 0) is 96.9 Å². The van der Waals surface area contributed by atoms with Crippen molar-refractivity contribution in [3.63, 3.8) is 0 Å². The fourth-order valence-corrected chi connectivity index (χ4v) is 4.67. The number of aryl methyl sites for hydroxylation is 2. The van der Waals surface area contributed by atoms with Gasteiger partial charge in [0, 0.05) is 12.8 Å². The van der Waals surface area contributed by atoms with Gasteiger partial charge >= 0.3 is 0 Å². The summed E-state index contributed by atoms with van der Waals surface area (Å²) in [7, 11) is 0. The SMILES string of the molecule is C=C(/C=C\C=C/C)CCCC(=O)CCCCc1ccccc1.CCc1ccc(OCc2ccccc2)c(I)c1. The highest BCUT2D eigenvalue weighted by Gasteiger charge is 2.03. The highest BCUT2D eigenvalue weighted by molar-refractivity contribution is 14.1. The van der Waals surface area contributed by atoms with Crippen molar-refractivity contribution in [2.75, 3.05) is 0 Å². The zero-order chi connectivity index (χ0) is 28.1. The Bertz CT molecular complexity index is 1160. The fourth-order valence-electron chi connectivity index (χ4n) is 3.94. The third kappa shape index (κ3) is 14.7. The van der Waals surface area contributed by atoms with Crippen molar-refractivity contribution >= 4 is 28.4 Å². The van der Waals surface area contributed by atoms with E-state index in [0.717, 1.165) is 49.8 Å². The van der Waals surface area contributed by atoms with Gasteiger partial charge in [-0.25, -0.2) is 0 Å². The molecule has 0 unspecified atom stereocenters. The molecule has 0 atom stereocenters. The van der Waals surface area contributed by atoms with E-state index in [9.17, 15) is 4.79 Å². The average Bonchev–Trinajstić information content (AvgIpc) is 2.96. The first-order valence-corrected chi connectivity index (χ1v) is 15.1. The molecule has 3 aromatic rings. The minimum Gasteiger partial charge on any atom is -0.488 e. The minimum absolute atomic E-state index is 0.387. The van der Waals surface area contributed by atoms with E-state index in [4.69, 9.17) is 4.74 Å². The molecule has 0 fully saturated rings. The molecule has 0 aliphatic heterocycles. The van der Waals surface area contributed by atoms with E-state index in [1.807, 2.05) is 55.5 Å². The Kier molecular flexibility index (Phi) is 16.6. The lowest BCUT2D eigenvalue weighted by Gasteiger charge is -2.09. The maximum atomic E-state index is 11.8. The first-order chi connectivity index (χ1) is 19.0. The molecule has 0 radical (unpaired) electrons. The van der Waals surface area contributed by atoms with Crippen LogP contribution in [-0.2, 0) is 24.2 Å². The number of carbonyl (C=O) groups excluding carboxylic acids is 1. The van der Waals surface area contributed by atoms with Crippen molar-refractivity contribution in [2.24, 2.45) is 0 Å². The highest BCUT2D eigenvalue weighted by Crippen LogP contribution is 2.23. The van der Waals surface area contributed by atoms with Crippen molar-refractivity contribution in [1.29, 1.82) is 0 Å². The number of Topliss-reactive ketones (excluding diaryl/α,β-unsaturated/α-hetero) is 1. The Morgan fingerprint density at radius 3 is 2.13 bits per heavy atom. The molecule has 206 valence electrons. The van der Waals surface area contributed by atoms with Gasteiger partial charge in [0.05, 0.1) is 3.57 Å². The number of allylic oxidation sites excluding steroid dienone is 5. The summed E-state index contributed by atoms with van der Waals surface area (Å²) in [5, 5.41) is 0. The van der Waals surface area contributed by atoms with Crippen LogP contribution in [0.3, 0.4) is 0 Å². The van der Waals surface area contributed by atoms with E-state index >= 15 is 0 Å². The molecule has 0 heterocycles. The molecule has 0 aliphatic rings. The summed E-state index contributed by atoms with van der Waals surface area (Å²) in [4.78, 5) is 11.8. The number of rotatable bonds is 15. The number of hydrogen-bond donors (Lipinski definition) is 0. The smallest absolute Gasteiger partial charge is 0.133 e. The van der Waals surface area contributed by atoms with Crippen LogP contribution in [0.5, 0.6) is 5.75 Å². The summed E-state index contributed by atoms with van der Waals surface area (Å²) in [5.74, 6) is 1.35. The van der Waals surface area contributed by atoms with Gasteiger partial charge in [0.15, 0.2) is 0 Å². The molecule has 3 heteroatoms. The molecule has 2 nitrogen and oxygen atoms in total. The van der Waals surface area contributed by atoms with Crippen LogP contribution in [0.15, 0.2) is 115 Å². The highest BCUT2D eigenvalue weighted by atomic mass is 127. The van der Waals surface area contributed by atoms with Crippen molar-refractivity contribution in [3.05, 3.63) is 136 Å². The summed E-state index contributed by atoms with van der Waals surface area (Å²) < 4.78 is 6.99. The number of carbonyl (C=O) groups is 1. The second-order valence-corrected chi connectivity index (χ2v) is 10.7. The van der Waals surface area contributed by atoms with Gasteiger partial charge in [0.1, 0.15) is 18.1 Å². The Morgan fingerprint density at radius 2 is 1.49 bits per heavy atom. The second kappa shape index (κ2) is 20.0. The van der Waals surface area contributed by atoms with Crippen LogP contribution in [0.25, 0.3) is 0 Å². The summed E-state index contributed by atoms with van der Waals surface area (Å²) >= 11 is 2.33. The summed E-state index contributed by atoms with van der Waals surface area (Å²) in [5.41, 5.74) is 5.00. The molecule has 3 rings (SSSR count). The van der Waals surface area contributed by atoms with Crippen molar-refractivity contribution in [2.45, 2.75) is 71.8 Å². The second-order valence-electron chi connectivity index (χ2n) is 9.52. The zero-order valence-electron chi connectivity index (χ0n) is 23.6. The molecule has 0 saturated carbocycles. The van der Waals surface area contributed by atoms with Crippen molar-refractivity contribution in [1.82, 2.24) is 0 Å². The van der Waals surface area contributed by atoms with Crippen LogP contribution in [0.1, 0.15) is 69.1 Å². The molecule has 0 bridgehead atoms. The van der Waals surface area contributed by atoms with Crippen LogP contribution in [0.2, 0.25) is 0 Å². The van der Waals surface area contributed by atoms with Crippen molar-refractivity contribution < 1.29 is 9.53 Å². The molecule has 0 N–H and O–H groups in total. The Balaban J connectivity index is 0.000000282. The molecule has 0 aliphatic carbocycles. The number of ketones is 1. The number of ether oxygens (including phenoxy) is 1. The summed E-state index contributed by atoms with van der Waals surface area (Å²) in [6, 6.07) is 27.1. The molecule has 39 heavy (non-hydrogen) atoms. The van der Waals surface area contributed by atoms with Gasteiger partial charge in [-0.3, -0.25) is 4.79 Å². The number of hydrogen-bond acceptors (Lipinski definition) is 2. The lowest BCUT2D eigenvalue weighted by molar-refractivity contribution is -0.119. The molecule has 3 aromatic carbocycles. The summed E-state index contributed by atoms with van der Waals surface area (Å²) in [6.07, 6.45) is 15.4. The van der Waals surface area contributed by atoms with Crippen LogP contribution in [0.4, 0.5) is 0 Å². The predicted octanol–water partition coefficient (Wildman–Crippen LogP) is 10.3. The van der Waals surface area contributed by atoms with Crippen LogP contribution in [0, 0.1) is 3.57 Å². The molecule has 0 spiro atoms. The lowest BCUT2D eigenvalue weighted by atomic mass is 10.0. The standard InChI is InChI=1S/C21H28O.C15H15IO/c1-3-4-6-12-19(2)13-11-18-21(22)17-10-9-16-20-14-7-5-8-15-20;1-2-12-8-9-15(14(16)10-12)17-11-13-6-4-3-5-7-13/h3-8,12,14-15H,2,9-11,13,16-18H2,1H3;3-10H,2,11H2,1H3/b4-3-,12-6-;. The van der Waals surface area contributed by atoms with Gasteiger partial charge in [0.25, 0.3) is 0 Å². The average molecular weight is 635 g/mol. The van der Waals surface area contributed by atoms with E-state index < -0.39 is 0 Å². The van der Waals surface area contributed by atoms with E-state index in [1.165, 1.54) is 20.3 Å². The zero-order valence-corrected chi connectivity index (χ0v) is 25.7. The van der Waals surface area contributed by atoms with Crippen LogP contribution in [-0.4, -0.2) is 5.78 Å². The lowest BCUT2D eigenvalue weighted by Crippen LogP contribution is -1.98. The maximum absolute atomic E-state index is 11.8. The van der Waals surface area contributed by atoms with Crippen LogP contribution >= 0.6 is 22.6 Å². The number of benzene rings is 3. The first-order valence-electron chi connectivity index (χ1n) is 14.0. The molecule has 0 aromatic heterocycles. The number of unbranched alkanes of at least 4 members (excludes halogenated alkanes) is 1. The maximum Gasteiger partial charge on any atom is 0.133 e. The Labute approximate surface area is 250 Å². The van der Waals surface area contributed by atoms with E-state index in [-0.39, 0.29) is 0 Å². The molecular weight excluding hydrogens is 591 g/mol.